The number of nitrogens with zero attached hydrogens (tertiary/aromatic N) is 2. The molecule has 0 saturated heterocycles. The van der Waals surface area contributed by atoms with Crippen molar-refractivity contribution >= 4 is 17.8 Å². The molecule has 10 heteroatoms. The van der Waals surface area contributed by atoms with Crippen molar-refractivity contribution in [3.63, 3.8) is 0 Å². The van der Waals surface area contributed by atoms with Crippen molar-refractivity contribution in [3.05, 3.63) is 60.6 Å². The number of rotatable bonds is 3. The SMILES string of the molecule is C=C1CN[C@@H](C)COc2ccccc2CCCNC(=O)C(CNc2ncccn2)NC(=O)CN1. The van der Waals surface area contributed by atoms with Gasteiger partial charge in [-0.25, -0.2) is 9.97 Å². The number of nitrogens with one attached hydrogen (secondary N) is 5. The van der Waals surface area contributed by atoms with Gasteiger partial charge in [-0.05, 0) is 37.5 Å². The Balaban J connectivity index is 1.67. The third kappa shape index (κ3) is 8.36. The molecule has 182 valence electrons. The molecular formula is C24H33N7O3. The molecule has 0 bridgehead atoms. The van der Waals surface area contributed by atoms with Crippen LogP contribution in [-0.4, -0.2) is 66.7 Å². The van der Waals surface area contributed by atoms with Gasteiger partial charge in [0, 0.05) is 43.8 Å². The molecule has 2 aromatic rings. The van der Waals surface area contributed by atoms with Crippen LogP contribution in [0.25, 0.3) is 0 Å². The first-order valence-electron chi connectivity index (χ1n) is 11.4. The maximum absolute atomic E-state index is 12.8. The Bertz CT molecular complexity index is 955. The smallest absolute Gasteiger partial charge is 0.244 e. The van der Waals surface area contributed by atoms with Crippen LogP contribution in [0.2, 0.25) is 0 Å². The number of amides is 2. The highest BCUT2D eigenvalue weighted by molar-refractivity contribution is 5.88. The molecule has 1 aliphatic heterocycles. The number of ether oxygens (including phenoxy) is 1. The Morgan fingerprint density at radius 3 is 2.74 bits per heavy atom. The lowest BCUT2D eigenvalue weighted by Crippen LogP contribution is -2.52. The van der Waals surface area contributed by atoms with E-state index < -0.39 is 6.04 Å². The molecule has 10 nitrogen and oxygen atoms in total. The quantitative estimate of drug-likeness (QED) is 0.444. The van der Waals surface area contributed by atoms with Crippen LogP contribution in [-0.2, 0) is 16.0 Å². The number of fused-ring (bicyclic) bond motifs is 1. The van der Waals surface area contributed by atoms with Crippen LogP contribution in [0.1, 0.15) is 18.9 Å². The van der Waals surface area contributed by atoms with Gasteiger partial charge < -0.3 is 31.3 Å². The maximum Gasteiger partial charge on any atom is 0.244 e. The zero-order valence-electron chi connectivity index (χ0n) is 19.5. The summed E-state index contributed by atoms with van der Waals surface area (Å²) in [7, 11) is 0. The largest absolute Gasteiger partial charge is 0.492 e. The molecule has 1 unspecified atom stereocenters. The van der Waals surface area contributed by atoms with Gasteiger partial charge in [-0.15, -0.1) is 0 Å². The fourth-order valence-electron chi connectivity index (χ4n) is 3.34. The summed E-state index contributed by atoms with van der Waals surface area (Å²) in [5.74, 6) is 0.630. The van der Waals surface area contributed by atoms with Crippen LogP contribution in [0.15, 0.2) is 55.0 Å². The van der Waals surface area contributed by atoms with E-state index in [1.165, 1.54) is 0 Å². The first-order chi connectivity index (χ1) is 16.5. The Hall–Kier alpha value is -3.66. The summed E-state index contributed by atoms with van der Waals surface area (Å²) >= 11 is 0. The first-order valence-corrected chi connectivity index (χ1v) is 11.4. The topological polar surface area (TPSA) is 129 Å². The van der Waals surface area contributed by atoms with E-state index in [0.717, 1.165) is 24.2 Å². The van der Waals surface area contributed by atoms with Gasteiger partial charge in [0.2, 0.25) is 17.8 Å². The minimum Gasteiger partial charge on any atom is -0.492 e. The van der Waals surface area contributed by atoms with E-state index in [4.69, 9.17) is 4.74 Å². The van der Waals surface area contributed by atoms with E-state index in [2.05, 4.69) is 43.1 Å². The van der Waals surface area contributed by atoms with Crippen molar-refractivity contribution in [3.8, 4) is 5.75 Å². The van der Waals surface area contributed by atoms with Crippen LogP contribution in [0, 0.1) is 0 Å². The third-order valence-electron chi connectivity index (χ3n) is 5.23. The van der Waals surface area contributed by atoms with E-state index in [-0.39, 0.29) is 30.9 Å². The van der Waals surface area contributed by atoms with E-state index in [1.807, 2.05) is 31.2 Å². The van der Waals surface area contributed by atoms with Crippen molar-refractivity contribution in [2.24, 2.45) is 0 Å². The molecule has 1 aromatic carbocycles. The Morgan fingerprint density at radius 1 is 1.12 bits per heavy atom. The highest BCUT2D eigenvalue weighted by Gasteiger charge is 2.21. The van der Waals surface area contributed by atoms with Crippen molar-refractivity contribution in [1.82, 2.24) is 31.2 Å². The molecule has 2 atom stereocenters. The molecule has 0 saturated carbocycles. The van der Waals surface area contributed by atoms with Gasteiger partial charge in [0.05, 0.1) is 6.54 Å². The second-order valence-corrected chi connectivity index (χ2v) is 8.13. The molecule has 1 aliphatic rings. The van der Waals surface area contributed by atoms with Gasteiger partial charge in [0.1, 0.15) is 18.4 Å². The zero-order chi connectivity index (χ0) is 24.2. The first kappa shape index (κ1) is 25.0. The number of anilines is 1. The van der Waals surface area contributed by atoms with Crippen LogP contribution in [0.5, 0.6) is 5.75 Å². The second-order valence-electron chi connectivity index (χ2n) is 8.13. The van der Waals surface area contributed by atoms with Crippen LogP contribution < -0.4 is 31.3 Å². The van der Waals surface area contributed by atoms with Gasteiger partial charge in [-0.2, -0.15) is 0 Å². The summed E-state index contributed by atoms with van der Waals surface area (Å²) in [5, 5.41) is 15.0. The number of hydrogen-bond donors (Lipinski definition) is 5. The van der Waals surface area contributed by atoms with Crippen molar-refractivity contribution in [2.45, 2.75) is 31.8 Å². The third-order valence-corrected chi connectivity index (χ3v) is 5.23. The Morgan fingerprint density at radius 2 is 1.91 bits per heavy atom. The molecule has 0 radical (unpaired) electrons. The van der Waals surface area contributed by atoms with Gasteiger partial charge in [-0.3, -0.25) is 9.59 Å². The standard InChI is InChI=1S/C24H33N7O3/c1-17-13-28-18(2)16-34-21-9-4-3-7-19(21)8-5-10-25-23(33)20(31-22(32)15-29-17)14-30-24-26-11-6-12-27-24/h3-4,6-7,9,11-12,18,20,28-29H,1,5,8,10,13-16H2,2H3,(H,25,33)(H,31,32)(H,26,27,30)/t18-,20?/m0/s1. The predicted molar refractivity (Wildman–Crippen MR) is 130 cm³/mol. The predicted octanol–water partition coefficient (Wildman–Crippen LogP) is 0.596. The number of carbonyl (C=O) groups is 2. The number of hydrogen-bond acceptors (Lipinski definition) is 8. The summed E-state index contributed by atoms with van der Waals surface area (Å²) in [6.07, 6.45) is 4.69. The fraction of sp³-hybridized carbons (Fsp3) is 0.417. The van der Waals surface area contributed by atoms with Crippen LogP contribution in [0.3, 0.4) is 0 Å². The highest BCUT2D eigenvalue weighted by Crippen LogP contribution is 2.19. The number of benzene rings is 1. The molecule has 2 amide bonds. The lowest BCUT2D eigenvalue weighted by molar-refractivity contribution is -0.128. The Kier molecular flexibility index (Phi) is 9.65. The number of carbonyl (C=O) groups excluding carboxylic acids is 2. The summed E-state index contributed by atoms with van der Waals surface area (Å²) < 4.78 is 6.03. The molecule has 34 heavy (non-hydrogen) atoms. The molecule has 0 spiro atoms. The zero-order valence-corrected chi connectivity index (χ0v) is 19.5. The van der Waals surface area contributed by atoms with E-state index >= 15 is 0 Å². The molecule has 1 aromatic heterocycles. The summed E-state index contributed by atoms with van der Waals surface area (Å²) in [5.41, 5.74) is 1.75. The number of para-hydroxylation sites is 1. The van der Waals surface area contributed by atoms with E-state index in [0.29, 0.717) is 31.3 Å². The second kappa shape index (κ2) is 13.1. The molecule has 2 heterocycles. The number of aryl methyl sites for hydroxylation is 1. The molecule has 0 aliphatic carbocycles. The van der Waals surface area contributed by atoms with Crippen molar-refractivity contribution in [2.75, 3.05) is 38.1 Å². The number of aromatic nitrogens is 2. The summed E-state index contributed by atoms with van der Waals surface area (Å²) in [6.45, 7) is 7.60. The highest BCUT2D eigenvalue weighted by atomic mass is 16.5. The molecule has 0 fully saturated rings. The van der Waals surface area contributed by atoms with Gasteiger partial charge >= 0.3 is 0 Å². The Labute approximate surface area is 200 Å². The van der Waals surface area contributed by atoms with Crippen molar-refractivity contribution < 1.29 is 14.3 Å². The molecule has 3 rings (SSSR count). The molecular weight excluding hydrogens is 434 g/mol. The lowest BCUT2D eigenvalue weighted by atomic mass is 10.1. The normalized spacial score (nSPS) is 20.9. The summed E-state index contributed by atoms with van der Waals surface area (Å²) in [6, 6.07) is 8.93. The van der Waals surface area contributed by atoms with Gasteiger partial charge in [-0.1, -0.05) is 24.8 Å². The average Bonchev–Trinajstić information content (AvgIpc) is 2.85. The van der Waals surface area contributed by atoms with Gasteiger partial charge in [0.25, 0.3) is 0 Å². The monoisotopic (exact) mass is 467 g/mol. The van der Waals surface area contributed by atoms with E-state index in [9.17, 15) is 9.59 Å². The van der Waals surface area contributed by atoms with Crippen LogP contribution >= 0.6 is 0 Å². The lowest BCUT2D eigenvalue weighted by Gasteiger charge is -2.21. The fourth-order valence-corrected chi connectivity index (χ4v) is 3.34. The molecule has 5 N–H and O–H groups in total. The average molecular weight is 468 g/mol. The summed E-state index contributed by atoms with van der Waals surface area (Å²) in [4.78, 5) is 33.5. The minimum absolute atomic E-state index is 0.00435. The van der Waals surface area contributed by atoms with Crippen LogP contribution in [0.4, 0.5) is 5.95 Å². The maximum atomic E-state index is 12.8. The van der Waals surface area contributed by atoms with Crippen molar-refractivity contribution in [1.29, 1.82) is 0 Å². The minimum atomic E-state index is -0.793. The van der Waals surface area contributed by atoms with E-state index in [1.54, 1.807) is 18.5 Å². The van der Waals surface area contributed by atoms with Gasteiger partial charge in [0.15, 0.2) is 0 Å².